The van der Waals surface area contributed by atoms with Crippen molar-refractivity contribution in [1.82, 2.24) is 5.32 Å². The van der Waals surface area contributed by atoms with Crippen molar-refractivity contribution in [2.45, 2.75) is 38.1 Å². The second-order valence-electron chi connectivity index (χ2n) is 5.04. The van der Waals surface area contributed by atoms with Crippen LogP contribution in [0.3, 0.4) is 0 Å². The van der Waals surface area contributed by atoms with Crippen LogP contribution in [0.1, 0.15) is 35.7 Å². The second kappa shape index (κ2) is 6.01. The molecule has 1 saturated heterocycles. The number of benzene rings is 1. The van der Waals surface area contributed by atoms with Gasteiger partial charge in [0.15, 0.2) is 0 Å². The predicted molar refractivity (Wildman–Crippen MR) is 67.3 cm³/mol. The molecule has 1 aliphatic heterocycles. The van der Waals surface area contributed by atoms with E-state index in [-0.39, 0.29) is 12.1 Å². The molecule has 0 bridgehead atoms. The standard InChI is InChI=1S/C14H15F4NO2/c1-8-7-9(5-6-21-8)19-13(20)10-3-2-4-11(12(10)15)14(16,17)18/h2-4,8-9H,5-7H2,1H3,(H,19,20). The zero-order valence-corrected chi connectivity index (χ0v) is 11.3. The molecule has 0 aromatic heterocycles. The third kappa shape index (κ3) is 3.72. The monoisotopic (exact) mass is 305 g/mol. The van der Waals surface area contributed by atoms with Gasteiger partial charge in [0.05, 0.1) is 17.2 Å². The van der Waals surface area contributed by atoms with Gasteiger partial charge in [-0.1, -0.05) is 6.07 Å². The third-order valence-electron chi connectivity index (χ3n) is 3.37. The zero-order chi connectivity index (χ0) is 15.6. The number of hydrogen-bond acceptors (Lipinski definition) is 2. The number of carbonyl (C=O) groups excluding carboxylic acids is 1. The highest BCUT2D eigenvalue weighted by Gasteiger charge is 2.36. The van der Waals surface area contributed by atoms with Gasteiger partial charge in [-0.25, -0.2) is 4.39 Å². The molecule has 2 rings (SSSR count). The fourth-order valence-corrected chi connectivity index (χ4v) is 2.32. The lowest BCUT2D eigenvalue weighted by atomic mass is 10.0. The average Bonchev–Trinajstić information content (AvgIpc) is 2.37. The van der Waals surface area contributed by atoms with Crippen LogP contribution >= 0.6 is 0 Å². The molecule has 1 N–H and O–H groups in total. The van der Waals surface area contributed by atoms with Gasteiger partial charge in [0.2, 0.25) is 0 Å². The van der Waals surface area contributed by atoms with Crippen LogP contribution in [0.4, 0.5) is 17.6 Å². The van der Waals surface area contributed by atoms with Crippen LogP contribution in [0.5, 0.6) is 0 Å². The summed E-state index contributed by atoms with van der Waals surface area (Å²) < 4.78 is 57.0. The molecule has 116 valence electrons. The van der Waals surface area contributed by atoms with Gasteiger partial charge in [-0.3, -0.25) is 4.79 Å². The molecule has 7 heteroatoms. The maximum atomic E-state index is 13.8. The quantitative estimate of drug-likeness (QED) is 0.853. The van der Waals surface area contributed by atoms with Gasteiger partial charge in [-0.15, -0.1) is 0 Å². The molecule has 1 aromatic rings. The molecule has 21 heavy (non-hydrogen) atoms. The van der Waals surface area contributed by atoms with Crippen molar-refractivity contribution in [2.75, 3.05) is 6.61 Å². The smallest absolute Gasteiger partial charge is 0.378 e. The number of amides is 1. The number of halogens is 4. The van der Waals surface area contributed by atoms with Gasteiger partial charge in [0.25, 0.3) is 5.91 Å². The van der Waals surface area contributed by atoms with Crippen molar-refractivity contribution in [3.63, 3.8) is 0 Å². The maximum absolute atomic E-state index is 13.8. The summed E-state index contributed by atoms with van der Waals surface area (Å²) in [6, 6.07) is 2.45. The predicted octanol–water partition coefficient (Wildman–Crippen LogP) is 3.14. The molecule has 1 fully saturated rings. The molecule has 3 nitrogen and oxygen atoms in total. The Morgan fingerprint density at radius 3 is 2.71 bits per heavy atom. The molecule has 2 unspecified atom stereocenters. The molecule has 0 spiro atoms. The summed E-state index contributed by atoms with van der Waals surface area (Å²) in [4.78, 5) is 12.0. The van der Waals surface area contributed by atoms with Gasteiger partial charge >= 0.3 is 6.18 Å². The Balaban J connectivity index is 2.16. The van der Waals surface area contributed by atoms with Crippen LogP contribution in [-0.4, -0.2) is 24.7 Å². The minimum absolute atomic E-state index is 0.0459. The SMILES string of the molecule is CC1CC(NC(=O)c2cccc(C(F)(F)F)c2F)CCO1. The van der Waals surface area contributed by atoms with E-state index in [0.717, 1.165) is 12.1 Å². The fourth-order valence-electron chi connectivity index (χ4n) is 2.32. The van der Waals surface area contributed by atoms with Crippen LogP contribution in [0.25, 0.3) is 0 Å². The number of rotatable bonds is 2. The number of hydrogen-bond donors (Lipinski definition) is 1. The van der Waals surface area contributed by atoms with E-state index in [9.17, 15) is 22.4 Å². The van der Waals surface area contributed by atoms with E-state index in [1.165, 1.54) is 0 Å². The minimum atomic E-state index is -4.83. The largest absolute Gasteiger partial charge is 0.419 e. The fraction of sp³-hybridized carbons (Fsp3) is 0.500. The lowest BCUT2D eigenvalue weighted by Crippen LogP contribution is -2.41. The Kier molecular flexibility index (Phi) is 4.51. The molecule has 0 aliphatic carbocycles. The summed E-state index contributed by atoms with van der Waals surface area (Å²) in [6.45, 7) is 2.29. The summed E-state index contributed by atoms with van der Waals surface area (Å²) in [6.07, 6.45) is -3.77. The van der Waals surface area contributed by atoms with Crippen molar-refractivity contribution < 1.29 is 27.1 Å². The Morgan fingerprint density at radius 2 is 2.10 bits per heavy atom. The van der Waals surface area contributed by atoms with Crippen LogP contribution in [-0.2, 0) is 10.9 Å². The normalized spacial score (nSPS) is 22.9. The first-order valence-electron chi connectivity index (χ1n) is 6.57. The molecular weight excluding hydrogens is 290 g/mol. The second-order valence-corrected chi connectivity index (χ2v) is 5.04. The molecule has 1 heterocycles. The summed E-state index contributed by atoms with van der Waals surface area (Å²) in [5.41, 5.74) is -2.03. The summed E-state index contributed by atoms with van der Waals surface area (Å²) >= 11 is 0. The Hall–Kier alpha value is -1.63. The van der Waals surface area contributed by atoms with Crippen LogP contribution < -0.4 is 5.32 Å². The Morgan fingerprint density at radius 1 is 1.38 bits per heavy atom. The lowest BCUT2D eigenvalue weighted by Gasteiger charge is -2.28. The van der Waals surface area contributed by atoms with Gasteiger partial charge in [0.1, 0.15) is 5.82 Å². The molecule has 1 aromatic carbocycles. The van der Waals surface area contributed by atoms with Crippen molar-refractivity contribution in [3.8, 4) is 0 Å². The van der Waals surface area contributed by atoms with Crippen molar-refractivity contribution in [2.24, 2.45) is 0 Å². The highest BCUT2D eigenvalue weighted by molar-refractivity contribution is 5.94. The van der Waals surface area contributed by atoms with Crippen molar-refractivity contribution in [3.05, 3.63) is 35.1 Å². The Labute approximate surface area is 119 Å². The van der Waals surface area contributed by atoms with E-state index in [4.69, 9.17) is 4.74 Å². The van der Waals surface area contributed by atoms with Crippen LogP contribution in [0.15, 0.2) is 18.2 Å². The topological polar surface area (TPSA) is 38.3 Å². The first kappa shape index (κ1) is 15.8. The molecule has 2 atom stereocenters. The van der Waals surface area contributed by atoms with Crippen molar-refractivity contribution in [1.29, 1.82) is 0 Å². The summed E-state index contributed by atoms with van der Waals surface area (Å²) in [5.74, 6) is -2.37. The highest BCUT2D eigenvalue weighted by atomic mass is 19.4. The van der Waals surface area contributed by atoms with Crippen molar-refractivity contribution >= 4 is 5.91 Å². The number of ether oxygens (including phenoxy) is 1. The first-order chi connectivity index (χ1) is 9.79. The highest BCUT2D eigenvalue weighted by Crippen LogP contribution is 2.32. The van der Waals surface area contributed by atoms with Gasteiger partial charge in [0, 0.05) is 12.6 Å². The van der Waals surface area contributed by atoms with Crippen LogP contribution in [0.2, 0.25) is 0 Å². The summed E-state index contributed by atoms with van der Waals surface area (Å²) in [5, 5.41) is 2.56. The van der Waals surface area contributed by atoms with E-state index in [2.05, 4.69) is 5.32 Å². The number of alkyl halides is 3. The third-order valence-corrected chi connectivity index (χ3v) is 3.37. The summed E-state index contributed by atoms with van der Waals surface area (Å²) in [7, 11) is 0. The van der Waals surface area contributed by atoms with E-state index in [1.54, 1.807) is 0 Å². The van der Waals surface area contributed by atoms with Gasteiger partial charge in [-0.05, 0) is 31.9 Å². The van der Waals surface area contributed by atoms with E-state index in [1.807, 2.05) is 6.92 Å². The Bertz CT molecular complexity index is 530. The number of nitrogens with one attached hydrogen (secondary N) is 1. The van der Waals surface area contributed by atoms with E-state index >= 15 is 0 Å². The molecule has 1 amide bonds. The van der Waals surface area contributed by atoms with E-state index < -0.39 is 29.0 Å². The van der Waals surface area contributed by atoms with Gasteiger partial charge in [-0.2, -0.15) is 13.2 Å². The molecular formula is C14H15F4NO2. The maximum Gasteiger partial charge on any atom is 0.419 e. The molecule has 0 saturated carbocycles. The van der Waals surface area contributed by atoms with E-state index in [0.29, 0.717) is 25.5 Å². The van der Waals surface area contributed by atoms with Crippen LogP contribution in [0, 0.1) is 5.82 Å². The zero-order valence-electron chi connectivity index (χ0n) is 11.3. The first-order valence-corrected chi connectivity index (χ1v) is 6.57. The lowest BCUT2D eigenvalue weighted by molar-refractivity contribution is -0.140. The molecule has 0 radical (unpaired) electrons. The van der Waals surface area contributed by atoms with Gasteiger partial charge < -0.3 is 10.1 Å². The average molecular weight is 305 g/mol. The molecule has 1 aliphatic rings. The number of carbonyl (C=O) groups is 1. The minimum Gasteiger partial charge on any atom is -0.378 e.